The fourth-order valence-corrected chi connectivity index (χ4v) is 1.72. The summed E-state index contributed by atoms with van der Waals surface area (Å²) in [5, 5.41) is 18.6. The molecule has 1 aromatic heterocycles. The number of rotatable bonds is 8. The second kappa shape index (κ2) is 9.70. The molecule has 11 nitrogen and oxygen atoms in total. The first-order valence-corrected chi connectivity index (χ1v) is 7.34. The molecule has 2 amide bonds. The number of pyridine rings is 1. The maximum absolute atomic E-state index is 11.6. The number of nitrogens with zero attached hydrogens (tertiary/aromatic N) is 2. The van der Waals surface area contributed by atoms with Crippen LogP contribution in [-0.2, 0) is 9.47 Å². The van der Waals surface area contributed by atoms with Gasteiger partial charge in [-0.15, -0.1) is 6.58 Å². The van der Waals surface area contributed by atoms with E-state index < -0.39 is 22.8 Å². The van der Waals surface area contributed by atoms with Crippen LogP contribution in [-0.4, -0.2) is 41.9 Å². The van der Waals surface area contributed by atoms with E-state index in [-0.39, 0.29) is 37.1 Å². The number of amides is 2. The molecule has 0 fully saturated rings. The van der Waals surface area contributed by atoms with Gasteiger partial charge in [0, 0.05) is 12.6 Å². The minimum absolute atomic E-state index is 0.0533. The van der Waals surface area contributed by atoms with Crippen LogP contribution in [0.5, 0.6) is 0 Å². The van der Waals surface area contributed by atoms with Crippen molar-refractivity contribution in [2.45, 2.75) is 13.8 Å². The Bertz CT molecular complexity index is 663. The van der Waals surface area contributed by atoms with Crippen LogP contribution in [0.2, 0.25) is 0 Å². The van der Waals surface area contributed by atoms with Gasteiger partial charge in [-0.25, -0.2) is 14.6 Å². The predicted octanol–water partition coefficient (Wildman–Crippen LogP) is 2.72. The van der Waals surface area contributed by atoms with Crippen molar-refractivity contribution < 1.29 is 24.0 Å². The highest BCUT2D eigenvalue weighted by Gasteiger charge is 2.25. The first-order valence-electron chi connectivity index (χ1n) is 7.34. The smallest absolute Gasteiger partial charge is 0.412 e. The summed E-state index contributed by atoms with van der Waals surface area (Å²) in [6.45, 7) is 7.10. The van der Waals surface area contributed by atoms with Crippen LogP contribution < -0.4 is 16.0 Å². The first-order chi connectivity index (χ1) is 11.9. The third-order valence-corrected chi connectivity index (χ3v) is 2.61. The zero-order chi connectivity index (χ0) is 18.8. The average molecular weight is 353 g/mol. The topological polar surface area (TPSA) is 145 Å². The molecule has 0 aliphatic rings. The van der Waals surface area contributed by atoms with E-state index in [0.717, 1.165) is 6.07 Å². The second-order valence-corrected chi connectivity index (χ2v) is 4.37. The third-order valence-electron chi connectivity index (χ3n) is 2.61. The Morgan fingerprint density at radius 2 is 1.88 bits per heavy atom. The van der Waals surface area contributed by atoms with Gasteiger partial charge >= 0.3 is 17.9 Å². The summed E-state index contributed by atoms with van der Waals surface area (Å²) < 4.78 is 9.45. The highest BCUT2D eigenvalue weighted by Crippen LogP contribution is 2.34. The lowest BCUT2D eigenvalue weighted by molar-refractivity contribution is -0.383. The standard InChI is InChI=1S/C14H19N5O6/c1-4-7-15-12-11(19(22)23)9(16-13(20)24-5-2)8-10(17-12)18-14(21)25-6-3/h4,8H,1,5-7H2,2-3H3,(H3,15,16,17,18,20,21). The monoisotopic (exact) mass is 353 g/mol. The number of nitro groups is 1. The highest BCUT2D eigenvalue weighted by molar-refractivity contribution is 5.93. The van der Waals surface area contributed by atoms with Crippen LogP contribution in [0.25, 0.3) is 0 Å². The highest BCUT2D eigenvalue weighted by atomic mass is 16.6. The Labute approximate surface area is 143 Å². The summed E-state index contributed by atoms with van der Waals surface area (Å²) in [6.07, 6.45) is -0.205. The molecule has 0 spiro atoms. The van der Waals surface area contributed by atoms with Crippen molar-refractivity contribution in [3.05, 3.63) is 28.8 Å². The number of hydrogen-bond donors (Lipinski definition) is 3. The summed E-state index contributed by atoms with van der Waals surface area (Å²) >= 11 is 0. The zero-order valence-electron chi connectivity index (χ0n) is 13.8. The maximum Gasteiger partial charge on any atom is 0.412 e. The largest absolute Gasteiger partial charge is 0.450 e. The van der Waals surface area contributed by atoms with Crippen LogP contribution in [0, 0.1) is 10.1 Å². The second-order valence-electron chi connectivity index (χ2n) is 4.37. The lowest BCUT2D eigenvalue weighted by Gasteiger charge is -2.12. The summed E-state index contributed by atoms with van der Waals surface area (Å²) in [5.74, 6) is -0.214. The molecule has 11 heteroatoms. The normalized spacial score (nSPS) is 9.68. The van der Waals surface area contributed by atoms with Gasteiger partial charge in [-0.2, -0.15) is 0 Å². The van der Waals surface area contributed by atoms with Gasteiger partial charge in [0.05, 0.1) is 18.1 Å². The van der Waals surface area contributed by atoms with E-state index in [1.54, 1.807) is 13.8 Å². The SMILES string of the molecule is C=CCNc1nc(NC(=O)OCC)cc(NC(=O)OCC)c1[N+](=O)[O-]. The van der Waals surface area contributed by atoms with Crippen molar-refractivity contribution in [2.24, 2.45) is 0 Å². The molecule has 0 aliphatic heterocycles. The molecule has 0 atom stereocenters. The summed E-state index contributed by atoms with van der Waals surface area (Å²) in [5.41, 5.74) is -0.680. The van der Waals surface area contributed by atoms with Gasteiger partial charge in [0.15, 0.2) is 0 Å². The molecule has 136 valence electrons. The Morgan fingerprint density at radius 1 is 1.28 bits per heavy atom. The van der Waals surface area contributed by atoms with E-state index in [4.69, 9.17) is 9.47 Å². The van der Waals surface area contributed by atoms with Crippen LogP contribution in [0.15, 0.2) is 18.7 Å². The van der Waals surface area contributed by atoms with Crippen molar-refractivity contribution in [3.8, 4) is 0 Å². The molecule has 3 N–H and O–H groups in total. The molecule has 0 bridgehead atoms. The van der Waals surface area contributed by atoms with E-state index in [0.29, 0.717) is 0 Å². The van der Waals surface area contributed by atoms with E-state index in [2.05, 4.69) is 27.5 Å². The Balaban J connectivity index is 3.30. The minimum Gasteiger partial charge on any atom is -0.450 e. The van der Waals surface area contributed by atoms with Gasteiger partial charge in [-0.05, 0) is 13.8 Å². The fourth-order valence-electron chi connectivity index (χ4n) is 1.72. The van der Waals surface area contributed by atoms with Crippen LogP contribution in [0.3, 0.4) is 0 Å². The molecule has 0 radical (unpaired) electrons. The lowest BCUT2D eigenvalue weighted by atomic mass is 10.3. The third kappa shape index (κ3) is 5.97. The molecule has 1 heterocycles. The Kier molecular flexibility index (Phi) is 7.63. The molecule has 0 saturated carbocycles. The van der Waals surface area contributed by atoms with E-state index in [9.17, 15) is 19.7 Å². The molecule has 0 saturated heterocycles. The minimum atomic E-state index is -0.881. The molecule has 0 unspecified atom stereocenters. The van der Waals surface area contributed by atoms with Crippen LogP contribution >= 0.6 is 0 Å². The fraction of sp³-hybridized carbons (Fsp3) is 0.357. The molecular formula is C14H19N5O6. The molecule has 1 rings (SSSR count). The zero-order valence-corrected chi connectivity index (χ0v) is 13.8. The number of aromatic nitrogens is 1. The number of hydrogen-bond acceptors (Lipinski definition) is 8. The van der Waals surface area contributed by atoms with Gasteiger partial charge in [-0.3, -0.25) is 20.7 Å². The van der Waals surface area contributed by atoms with Crippen molar-refractivity contribution in [2.75, 3.05) is 35.7 Å². The van der Waals surface area contributed by atoms with E-state index >= 15 is 0 Å². The lowest BCUT2D eigenvalue weighted by Crippen LogP contribution is -2.18. The first kappa shape index (κ1) is 19.7. The summed E-state index contributed by atoms with van der Waals surface area (Å²) in [4.78, 5) is 37.8. The Hall–Kier alpha value is -3.37. The van der Waals surface area contributed by atoms with Gasteiger partial charge in [-0.1, -0.05) is 6.08 Å². The number of nitrogens with one attached hydrogen (secondary N) is 3. The van der Waals surface area contributed by atoms with Crippen molar-refractivity contribution in [3.63, 3.8) is 0 Å². The van der Waals surface area contributed by atoms with E-state index in [1.807, 2.05) is 0 Å². The maximum atomic E-state index is 11.6. The molecule has 0 aliphatic carbocycles. The number of carbonyl (C=O) groups excluding carboxylic acids is 2. The summed E-state index contributed by atoms with van der Waals surface area (Å²) in [7, 11) is 0. The number of carbonyl (C=O) groups is 2. The van der Waals surface area contributed by atoms with Crippen molar-refractivity contribution >= 4 is 35.2 Å². The van der Waals surface area contributed by atoms with Crippen LogP contribution in [0.1, 0.15) is 13.8 Å². The van der Waals surface area contributed by atoms with Gasteiger partial charge in [0.1, 0.15) is 11.5 Å². The summed E-state index contributed by atoms with van der Waals surface area (Å²) in [6, 6.07) is 1.13. The predicted molar refractivity (Wildman–Crippen MR) is 90.9 cm³/mol. The molecular weight excluding hydrogens is 334 g/mol. The van der Waals surface area contributed by atoms with Crippen molar-refractivity contribution in [1.29, 1.82) is 0 Å². The van der Waals surface area contributed by atoms with Gasteiger partial charge in [0.2, 0.25) is 5.82 Å². The van der Waals surface area contributed by atoms with Crippen molar-refractivity contribution in [1.82, 2.24) is 4.98 Å². The number of ether oxygens (including phenoxy) is 2. The van der Waals surface area contributed by atoms with E-state index in [1.165, 1.54) is 6.08 Å². The van der Waals surface area contributed by atoms with Crippen LogP contribution in [0.4, 0.5) is 32.6 Å². The molecule has 1 aromatic rings. The molecule has 25 heavy (non-hydrogen) atoms. The quantitative estimate of drug-likeness (QED) is 0.367. The Morgan fingerprint density at radius 3 is 2.40 bits per heavy atom. The number of anilines is 3. The molecule has 0 aromatic carbocycles. The average Bonchev–Trinajstić information content (AvgIpc) is 2.52. The van der Waals surface area contributed by atoms with Gasteiger partial charge in [0.25, 0.3) is 0 Å². The van der Waals surface area contributed by atoms with Gasteiger partial charge < -0.3 is 14.8 Å².